The summed E-state index contributed by atoms with van der Waals surface area (Å²) >= 11 is 0. The fourth-order valence-corrected chi connectivity index (χ4v) is 8.52. The smallest absolute Gasteiger partial charge is 0.336 e. The molecule has 0 fully saturated rings. The van der Waals surface area contributed by atoms with E-state index in [1.807, 2.05) is 13.8 Å². The molecule has 43 heavy (non-hydrogen) atoms. The van der Waals surface area contributed by atoms with E-state index in [9.17, 15) is 29.4 Å². The summed E-state index contributed by atoms with van der Waals surface area (Å²) < 4.78 is 17.4. The lowest BCUT2D eigenvalue weighted by Gasteiger charge is -2.21. The molecular formula is C30H44N2O9Si2. The highest BCUT2D eigenvalue weighted by Gasteiger charge is 2.24. The van der Waals surface area contributed by atoms with Gasteiger partial charge in [0.1, 0.15) is 11.5 Å². The van der Waals surface area contributed by atoms with Gasteiger partial charge in [0.25, 0.3) is 11.8 Å². The van der Waals surface area contributed by atoms with Crippen LogP contribution in [-0.4, -0.2) is 76.9 Å². The minimum atomic E-state index is -1.81. The molecule has 0 bridgehead atoms. The number of rotatable bonds is 18. The topological polar surface area (TPSA) is 160 Å². The number of carboxylic acid groups (broad SMARTS) is 2. The van der Waals surface area contributed by atoms with Crippen molar-refractivity contribution in [3.8, 4) is 11.5 Å². The molecule has 2 amide bonds. The lowest BCUT2D eigenvalue weighted by Crippen LogP contribution is -2.32. The molecule has 4 N–H and O–H groups in total. The zero-order valence-corrected chi connectivity index (χ0v) is 27.9. The number of benzene rings is 2. The van der Waals surface area contributed by atoms with Crippen molar-refractivity contribution < 1.29 is 43.0 Å². The molecule has 2 aromatic rings. The molecule has 11 nitrogen and oxygen atoms in total. The fourth-order valence-electron chi connectivity index (χ4n) is 4.61. The number of carbonyl (C=O) groups is 4. The van der Waals surface area contributed by atoms with Crippen molar-refractivity contribution in [2.45, 2.75) is 65.0 Å². The van der Waals surface area contributed by atoms with Crippen LogP contribution < -0.4 is 15.4 Å². The number of aromatic carboxylic acids is 2. The Morgan fingerprint density at radius 1 is 0.651 bits per heavy atom. The molecule has 236 valence electrons. The minimum Gasteiger partial charge on any atom is -0.478 e. The van der Waals surface area contributed by atoms with Crippen molar-refractivity contribution in [2.75, 3.05) is 26.3 Å². The monoisotopic (exact) mass is 632 g/mol. The van der Waals surface area contributed by atoms with Gasteiger partial charge >= 0.3 is 11.9 Å². The van der Waals surface area contributed by atoms with E-state index in [2.05, 4.69) is 36.8 Å². The van der Waals surface area contributed by atoms with E-state index >= 15 is 0 Å². The molecule has 2 rings (SSSR count). The number of hydrogen-bond donors (Lipinski definition) is 4. The third-order valence-corrected chi connectivity index (χ3v) is 12.0. The van der Waals surface area contributed by atoms with Gasteiger partial charge in [0.2, 0.25) is 0 Å². The first-order valence-electron chi connectivity index (χ1n) is 14.5. The first-order chi connectivity index (χ1) is 20.2. The molecule has 2 aromatic carbocycles. The predicted molar refractivity (Wildman–Crippen MR) is 169 cm³/mol. The maximum atomic E-state index is 12.9. The maximum Gasteiger partial charge on any atom is 0.336 e. The van der Waals surface area contributed by atoms with Gasteiger partial charge in [-0.15, -0.1) is 0 Å². The van der Waals surface area contributed by atoms with Gasteiger partial charge in [-0.3, -0.25) is 9.59 Å². The third kappa shape index (κ3) is 11.6. The molecule has 0 saturated carbocycles. The maximum absolute atomic E-state index is 12.9. The van der Waals surface area contributed by atoms with Crippen LogP contribution in [0.2, 0.25) is 38.3 Å². The van der Waals surface area contributed by atoms with E-state index in [4.69, 9.17) is 13.6 Å². The highest BCUT2D eigenvalue weighted by molar-refractivity contribution is 6.71. The standard InChI is InChI=1S/C30H44N2O9Si2/c1-7-39-42(3,4)17-9-15-31-27(33)23-13-11-22(20-26(23)30(37)38)41-21-12-14-24(29(35)36)25(19-21)28(34)32-16-10-18-43(5,6)40-8-2/h11-14,19-20H,7-10,15-18H2,1-6H3,(H,31,33)(H,32,34)(H,35,36)(H,37,38). The Hall–Kier alpha value is -3.53. The second-order valence-electron chi connectivity index (χ2n) is 11.2. The van der Waals surface area contributed by atoms with Gasteiger partial charge in [0.15, 0.2) is 16.6 Å². The molecule has 0 aliphatic heterocycles. The van der Waals surface area contributed by atoms with E-state index in [0.717, 1.165) is 12.1 Å². The lowest BCUT2D eigenvalue weighted by molar-refractivity contribution is 0.0682. The van der Waals surface area contributed by atoms with Crippen molar-refractivity contribution in [3.05, 3.63) is 58.7 Å². The summed E-state index contributed by atoms with van der Waals surface area (Å²) in [7, 11) is -3.60. The first-order valence-corrected chi connectivity index (χ1v) is 20.7. The highest BCUT2D eigenvalue weighted by atomic mass is 28.4. The number of carboxylic acids is 2. The van der Waals surface area contributed by atoms with Crippen LogP contribution in [-0.2, 0) is 8.85 Å². The van der Waals surface area contributed by atoms with Crippen molar-refractivity contribution in [3.63, 3.8) is 0 Å². The molecule has 0 aliphatic carbocycles. The molecule has 13 heteroatoms. The SMILES string of the molecule is CCO[Si](C)(C)CCCNC(=O)c1ccc(Oc2ccc(C(=O)O)c(C(=O)NCCC[Si](C)(C)OCC)c2)cc1C(=O)O. The van der Waals surface area contributed by atoms with Gasteiger partial charge in [0, 0.05) is 26.3 Å². The van der Waals surface area contributed by atoms with Gasteiger partial charge in [0.05, 0.1) is 22.3 Å². The average molecular weight is 633 g/mol. The van der Waals surface area contributed by atoms with Gasteiger partial charge in [-0.2, -0.15) is 0 Å². The molecule has 0 unspecified atom stereocenters. The van der Waals surface area contributed by atoms with Gasteiger partial charge in [-0.05, 0) is 101 Å². The Balaban J connectivity index is 2.14. The Labute approximate surface area is 255 Å². The Bertz CT molecular complexity index is 1300. The zero-order valence-electron chi connectivity index (χ0n) is 25.9. The molecule has 0 radical (unpaired) electrons. The Kier molecular flexibility index (Phi) is 13.6. The molecule has 0 atom stereocenters. The van der Waals surface area contributed by atoms with Crippen LogP contribution >= 0.6 is 0 Å². The van der Waals surface area contributed by atoms with Gasteiger partial charge in [-0.25, -0.2) is 9.59 Å². The van der Waals surface area contributed by atoms with Crippen LogP contribution in [0.15, 0.2) is 36.4 Å². The lowest BCUT2D eigenvalue weighted by atomic mass is 10.1. The summed E-state index contributed by atoms with van der Waals surface area (Å²) in [5, 5.41) is 24.9. The number of ether oxygens (including phenoxy) is 1. The summed E-state index contributed by atoms with van der Waals surface area (Å²) in [4.78, 5) is 49.4. The van der Waals surface area contributed by atoms with E-state index in [1.54, 1.807) is 0 Å². The van der Waals surface area contributed by atoms with Crippen LogP contribution in [0.5, 0.6) is 11.5 Å². The van der Waals surface area contributed by atoms with Crippen LogP contribution in [0.3, 0.4) is 0 Å². The summed E-state index contributed by atoms with van der Waals surface area (Å²) in [5.74, 6) is -3.42. The van der Waals surface area contributed by atoms with Crippen LogP contribution in [0.4, 0.5) is 0 Å². The largest absolute Gasteiger partial charge is 0.478 e. The van der Waals surface area contributed by atoms with Crippen molar-refractivity contribution >= 4 is 40.4 Å². The molecular weight excluding hydrogens is 589 g/mol. The van der Waals surface area contributed by atoms with E-state index in [1.165, 1.54) is 36.4 Å². The highest BCUT2D eigenvalue weighted by Crippen LogP contribution is 2.27. The Morgan fingerprint density at radius 3 is 1.51 bits per heavy atom. The van der Waals surface area contributed by atoms with Crippen LogP contribution in [0.25, 0.3) is 0 Å². The normalized spacial score (nSPS) is 11.6. The number of hydrogen-bond acceptors (Lipinski definition) is 7. The number of nitrogens with one attached hydrogen (secondary N) is 2. The average Bonchev–Trinajstić information content (AvgIpc) is 2.93. The molecule has 0 spiro atoms. The second-order valence-corrected chi connectivity index (χ2v) is 19.8. The summed E-state index contributed by atoms with van der Waals surface area (Å²) in [5.41, 5.74) is -0.550. The minimum absolute atomic E-state index is 0.0157. The first kappa shape index (κ1) is 35.7. The summed E-state index contributed by atoms with van der Waals surface area (Å²) in [6, 6.07) is 9.65. The molecule has 0 aliphatic rings. The van der Waals surface area contributed by atoms with E-state index < -0.39 is 40.4 Å². The fraction of sp³-hybridized carbons (Fsp3) is 0.467. The van der Waals surface area contributed by atoms with Crippen LogP contribution in [0.1, 0.15) is 68.1 Å². The van der Waals surface area contributed by atoms with Gasteiger partial charge in [-0.1, -0.05) is 0 Å². The van der Waals surface area contributed by atoms with E-state index in [-0.39, 0.29) is 33.8 Å². The number of carbonyl (C=O) groups excluding carboxylic acids is 2. The summed E-state index contributed by atoms with van der Waals surface area (Å²) in [6.07, 6.45) is 1.40. The summed E-state index contributed by atoms with van der Waals surface area (Å²) in [6.45, 7) is 14.3. The zero-order chi connectivity index (χ0) is 32.2. The van der Waals surface area contributed by atoms with Gasteiger partial charge < -0.3 is 34.4 Å². The molecule has 0 aromatic heterocycles. The second kappa shape index (κ2) is 16.4. The number of amides is 2. The van der Waals surface area contributed by atoms with Crippen LogP contribution in [0, 0.1) is 0 Å². The molecule has 0 saturated heterocycles. The quantitative estimate of drug-likeness (QED) is 0.121. The predicted octanol–water partition coefficient (Wildman–Crippen LogP) is 5.60. The Morgan fingerprint density at radius 2 is 1.07 bits per heavy atom. The third-order valence-electron chi connectivity index (χ3n) is 6.72. The van der Waals surface area contributed by atoms with Crippen molar-refractivity contribution in [1.82, 2.24) is 10.6 Å². The van der Waals surface area contributed by atoms with E-state index in [0.29, 0.717) is 39.1 Å². The van der Waals surface area contributed by atoms with Crippen molar-refractivity contribution in [2.24, 2.45) is 0 Å². The molecule has 0 heterocycles. The van der Waals surface area contributed by atoms with Crippen molar-refractivity contribution in [1.29, 1.82) is 0 Å².